The van der Waals surface area contributed by atoms with E-state index in [0.717, 1.165) is 6.54 Å². The summed E-state index contributed by atoms with van der Waals surface area (Å²) in [5.74, 6) is 0. The van der Waals surface area contributed by atoms with Gasteiger partial charge in [0.25, 0.3) is 0 Å². The zero-order valence-corrected chi connectivity index (χ0v) is 14.0. The van der Waals surface area contributed by atoms with Crippen LogP contribution in [0.3, 0.4) is 0 Å². The van der Waals surface area contributed by atoms with Crippen molar-refractivity contribution in [3.63, 3.8) is 0 Å². The number of ether oxygens (including phenoxy) is 1. The first-order valence-electron chi connectivity index (χ1n) is 8.92. The third-order valence-electron chi connectivity index (χ3n) is 4.92. The fourth-order valence-corrected chi connectivity index (χ4v) is 3.67. The van der Waals surface area contributed by atoms with Crippen LogP contribution in [-0.2, 0) is 4.74 Å². The first-order valence-corrected chi connectivity index (χ1v) is 8.92. The summed E-state index contributed by atoms with van der Waals surface area (Å²) in [7, 11) is 0. The Labute approximate surface area is 126 Å². The molecule has 0 amide bonds. The third-order valence-corrected chi connectivity index (χ3v) is 4.92. The summed E-state index contributed by atoms with van der Waals surface area (Å²) in [6, 6.07) is 0. The van der Waals surface area contributed by atoms with E-state index in [1.165, 1.54) is 70.6 Å². The maximum Gasteiger partial charge on any atom is 0.0810 e. The number of hydrogen-bond donors (Lipinski definition) is 1. The summed E-state index contributed by atoms with van der Waals surface area (Å²) in [4.78, 5) is 0. The van der Waals surface area contributed by atoms with Crippen LogP contribution in [0.1, 0.15) is 91.4 Å². The Morgan fingerprint density at radius 1 is 0.900 bits per heavy atom. The predicted octanol–water partition coefficient (Wildman–Crippen LogP) is 4.82. The highest BCUT2D eigenvalue weighted by atomic mass is 16.5. The molecular weight excluding hydrogens is 246 g/mol. The van der Waals surface area contributed by atoms with E-state index in [1.807, 2.05) is 0 Å². The fourth-order valence-electron chi connectivity index (χ4n) is 3.67. The minimum atomic E-state index is 0.117. The molecule has 2 rings (SSSR count). The van der Waals surface area contributed by atoms with Crippen LogP contribution in [0.25, 0.3) is 0 Å². The minimum absolute atomic E-state index is 0.117. The molecule has 0 aromatic carbocycles. The largest absolute Gasteiger partial charge is 0.370 e. The Hall–Kier alpha value is -0.0800. The first-order chi connectivity index (χ1) is 9.49. The Balaban J connectivity index is 1.97. The van der Waals surface area contributed by atoms with Gasteiger partial charge in [-0.15, -0.1) is 0 Å². The number of nitrogens with one attached hydrogen (secondary N) is 1. The van der Waals surface area contributed by atoms with E-state index >= 15 is 0 Å². The van der Waals surface area contributed by atoms with E-state index in [9.17, 15) is 0 Å². The first kappa shape index (κ1) is 16.3. The maximum absolute atomic E-state index is 6.73. The molecule has 2 aliphatic carbocycles. The summed E-state index contributed by atoms with van der Waals surface area (Å²) in [6.07, 6.45) is 15.2. The van der Waals surface area contributed by atoms with Gasteiger partial charge in [0, 0.05) is 12.1 Å². The van der Waals surface area contributed by atoms with Crippen LogP contribution < -0.4 is 5.32 Å². The van der Waals surface area contributed by atoms with Gasteiger partial charge in [0.15, 0.2) is 0 Å². The van der Waals surface area contributed by atoms with E-state index in [1.54, 1.807) is 0 Å². The van der Waals surface area contributed by atoms with E-state index in [0.29, 0.717) is 6.10 Å². The van der Waals surface area contributed by atoms with Crippen LogP contribution in [0.2, 0.25) is 0 Å². The van der Waals surface area contributed by atoms with E-state index in [4.69, 9.17) is 4.74 Å². The maximum atomic E-state index is 6.73. The normalized spacial score (nSPS) is 25.4. The van der Waals surface area contributed by atoms with Crippen molar-refractivity contribution in [1.29, 1.82) is 0 Å². The molecular formula is C18H35NO. The van der Waals surface area contributed by atoms with Gasteiger partial charge in [-0.05, 0) is 46.5 Å². The molecule has 2 saturated carbocycles. The average Bonchev–Trinajstić information content (AvgIpc) is 2.63. The van der Waals surface area contributed by atoms with Gasteiger partial charge in [-0.1, -0.05) is 44.9 Å². The molecule has 0 aromatic rings. The van der Waals surface area contributed by atoms with Gasteiger partial charge in [0.05, 0.1) is 11.7 Å². The molecule has 2 heteroatoms. The number of hydrogen-bond acceptors (Lipinski definition) is 2. The van der Waals surface area contributed by atoms with Crippen LogP contribution in [0.4, 0.5) is 0 Å². The van der Waals surface area contributed by atoms with Crippen molar-refractivity contribution in [2.24, 2.45) is 0 Å². The molecule has 1 N–H and O–H groups in total. The van der Waals surface area contributed by atoms with Gasteiger partial charge in [-0.25, -0.2) is 0 Å². The van der Waals surface area contributed by atoms with Gasteiger partial charge in [-0.2, -0.15) is 0 Å². The van der Waals surface area contributed by atoms with Gasteiger partial charge < -0.3 is 10.1 Å². The molecule has 0 aromatic heterocycles. The third kappa shape index (κ3) is 5.37. The molecule has 20 heavy (non-hydrogen) atoms. The van der Waals surface area contributed by atoms with E-state index in [-0.39, 0.29) is 11.1 Å². The van der Waals surface area contributed by atoms with Gasteiger partial charge >= 0.3 is 0 Å². The van der Waals surface area contributed by atoms with Crippen LogP contribution in [0.15, 0.2) is 0 Å². The fraction of sp³-hybridized carbons (Fsp3) is 1.00. The molecule has 2 aliphatic rings. The van der Waals surface area contributed by atoms with Crippen LogP contribution in [-0.4, -0.2) is 23.8 Å². The van der Waals surface area contributed by atoms with Crippen LogP contribution in [0.5, 0.6) is 0 Å². The monoisotopic (exact) mass is 281 g/mol. The van der Waals surface area contributed by atoms with Crippen LogP contribution in [0, 0.1) is 0 Å². The highest BCUT2D eigenvalue weighted by Gasteiger charge is 2.35. The molecule has 2 nitrogen and oxygen atoms in total. The Bertz CT molecular complexity index is 268. The second-order valence-corrected chi connectivity index (χ2v) is 8.08. The zero-order valence-electron chi connectivity index (χ0n) is 14.0. The summed E-state index contributed by atoms with van der Waals surface area (Å²) in [5, 5.41) is 3.72. The van der Waals surface area contributed by atoms with Crippen molar-refractivity contribution in [1.82, 2.24) is 5.32 Å². The van der Waals surface area contributed by atoms with Crippen molar-refractivity contribution in [2.75, 3.05) is 6.54 Å². The Kier molecular flexibility index (Phi) is 5.92. The average molecular weight is 281 g/mol. The molecule has 0 aliphatic heterocycles. The molecule has 0 atom stereocenters. The highest BCUT2D eigenvalue weighted by molar-refractivity contribution is 4.89. The summed E-state index contributed by atoms with van der Waals surface area (Å²) in [5.41, 5.74) is 0.307. The Morgan fingerprint density at radius 2 is 1.45 bits per heavy atom. The van der Waals surface area contributed by atoms with Crippen molar-refractivity contribution in [3.8, 4) is 0 Å². The minimum Gasteiger partial charge on any atom is -0.370 e. The lowest BCUT2D eigenvalue weighted by atomic mass is 9.90. The van der Waals surface area contributed by atoms with E-state index < -0.39 is 0 Å². The summed E-state index contributed by atoms with van der Waals surface area (Å²) >= 11 is 0. The molecule has 0 radical (unpaired) electrons. The quantitative estimate of drug-likeness (QED) is 0.746. The molecule has 0 spiro atoms. The lowest BCUT2D eigenvalue weighted by Gasteiger charge is -2.40. The van der Waals surface area contributed by atoms with Crippen molar-refractivity contribution in [3.05, 3.63) is 0 Å². The van der Waals surface area contributed by atoms with Gasteiger partial charge in [0.1, 0.15) is 0 Å². The van der Waals surface area contributed by atoms with Gasteiger partial charge in [-0.3, -0.25) is 0 Å². The zero-order chi connectivity index (χ0) is 14.5. The summed E-state index contributed by atoms with van der Waals surface area (Å²) < 4.78 is 6.73. The smallest absolute Gasteiger partial charge is 0.0810 e. The van der Waals surface area contributed by atoms with Crippen molar-refractivity contribution >= 4 is 0 Å². The predicted molar refractivity (Wildman–Crippen MR) is 86.1 cm³/mol. The second kappa shape index (κ2) is 7.26. The van der Waals surface area contributed by atoms with Crippen molar-refractivity contribution in [2.45, 2.75) is 109 Å². The molecule has 2 fully saturated rings. The van der Waals surface area contributed by atoms with Crippen molar-refractivity contribution < 1.29 is 4.74 Å². The lowest BCUT2D eigenvalue weighted by Crippen LogP contribution is -2.50. The van der Waals surface area contributed by atoms with Crippen LogP contribution >= 0.6 is 0 Å². The SMILES string of the molecule is CC(C)(C)NCC1(OC2CCCCC2)CCCCCC1. The molecule has 0 bridgehead atoms. The molecule has 0 heterocycles. The standard InChI is InChI=1S/C18H35NO/c1-17(2,3)19-15-18(13-9-4-5-10-14-18)20-16-11-7-6-8-12-16/h16,19H,4-15H2,1-3H3. The lowest BCUT2D eigenvalue weighted by molar-refractivity contribution is -0.114. The topological polar surface area (TPSA) is 21.3 Å². The Morgan fingerprint density at radius 3 is 2.00 bits per heavy atom. The summed E-state index contributed by atoms with van der Waals surface area (Å²) in [6.45, 7) is 7.82. The highest BCUT2D eigenvalue weighted by Crippen LogP contribution is 2.34. The number of rotatable bonds is 4. The molecule has 0 unspecified atom stereocenters. The van der Waals surface area contributed by atoms with Gasteiger partial charge in [0.2, 0.25) is 0 Å². The van der Waals surface area contributed by atoms with E-state index in [2.05, 4.69) is 26.1 Å². The molecule has 118 valence electrons. The second-order valence-electron chi connectivity index (χ2n) is 8.08. The molecule has 0 saturated heterocycles.